The molecule has 14 heteroatoms. The Balaban J connectivity index is 1.23. The van der Waals surface area contributed by atoms with Crippen LogP contribution in [0.4, 0.5) is 21.8 Å². The summed E-state index contributed by atoms with van der Waals surface area (Å²) in [5, 5.41) is 2.69. The van der Waals surface area contributed by atoms with E-state index in [1.54, 1.807) is 4.90 Å². The molecule has 3 fully saturated rings. The molecule has 2 aromatic rings. The Kier molecular flexibility index (Phi) is 8.48. The van der Waals surface area contributed by atoms with Crippen LogP contribution in [0.15, 0.2) is 6.07 Å². The molecule has 5 N–H and O–H groups in total. The van der Waals surface area contributed by atoms with E-state index in [0.29, 0.717) is 38.0 Å². The molecule has 3 aliphatic rings. The lowest BCUT2D eigenvalue weighted by Crippen LogP contribution is -2.59. The Morgan fingerprint density at radius 3 is 2.42 bits per heavy atom. The average molecular weight is 595 g/mol. The van der Waals surface area contributed by atoms with E-state index in [1.807, 2.05) is 0 Å². The quantitative estimate of drug-likeness (QED) is 0.412. The summed E-state index contributed by atoms with van der Waals surface area (Å²) in [5.41, 5.74) is 12.1. The lowest BCUT2D eigenvalue weighted by molar-refractivity contribution is 0.0481. The molecule has 5 rings (SSSR count). The largest absolute Gasteiger partial charge is 0.383 e. The van der Waals surface area contributed by atoms with Crippen LogP contribution in [0.2, 0.25) is 10.3 Å². The molecular weight excluding hydrogens is 560 g/mol. The summed E-state index contributed by atoms with van der Waals surface area (Å²) < 4.78 is 13.9. The van der Waals surface area contributed by atoms with E-state index in [0.717, 1.165) is 51.1 Å². The summed E-state index contributed by atoms with van der Waals surface area (Å²) in [4.78, 5) is 44.3. The average Bonchev–Trinajstić information content (AvgIpc) is 3.75. The number of amides is 2. The van der Waals surface area contributed by atoms with Gasteiger partial charge in [0.25, 0.3) is 11.8 Å². The molecule has 2 aliphatic heterocycles. The van der Waals surface area contributed by atoms with Crippen molar-refractivity contribution in [2.24, 2.45) is 0 Å². The molecule has 1 aliphatic carbocycles. The van der Waals surface area contributed by atoms with Crippen molar-refractivity contribution in [2.45, 2.75) is 63.6 Å². The number of aromatic nitrogens is 3. The maximum Gasteiger partial charge on any atom is 0.274 e. The highest BCUT2D eigenvalue weighted by Crippen LogP contribution is 2.31. The summed E-state index contributed by atoms with van der Waals surface area (Å²) in [6.07, 6.45) is 5.46. The van der Waals surface area contributed by atoms with E-state index in [-0.39, 0.29) is 57.1 Å². The minimum absolute atomic E-state index is 0.0334. The molecule has 216 valence electrons. The number of pyridine rings is 1. The number of nitrogens with two attached hydrogens (primary N) is 2. The smallest absolute Gasteiger partial charge is 0.274 e. The van der Waals surface area contributed by atoms with Crippen LogP contribution in [-0.2, 0) is 0 Å². The van der Waals surface area contributed by atoms with Gasteiger partial charge >= 0.3 is 0 Å². The second-order valence-electron chi connectivity index (χ2n) is 10.7. The van der Waals surface area contributed by atoms with Crippen LogP contribution in [0.25, 0.3) is 0 Å². The fraction of sp³-hybridized carbons (Fsp3) is 0.577. The van der Waals surface area contributed by atoms with Gasteiger partial charge < -0.3 is 26.6 Å². The van der Waals surface area contributed by atoms with Crippen LogP contribution in [0.3, 0.4) is 0 Å². The Hall–Kier alpha value is -2.96. The predicted octanol–water partition coefficient (Wildman–Crippen LogP) is 2.97. The zero-order valence-electron chi connectivity index (χ0n) is 22.4. The molecule has 0 unspecified atom stereocenters. The van der Waals surface area contributed by atoms with Gasteiger partial charge in [0.2, 0.25) is 0 Å². The molecule has 1 atom stereocenters. The number of nitrogens with one attached hydrogen (secondary N) is 1. The molecule has 0 spiro atoms. The minimum Gasteiger partial charge on any atom is -0.383 e. The number of piperazine rings is 1. The number of hydrogen-bond acceptors (Lipinski definition) is 9. The molecule has 2 aromatic heterocycles. The lowest BCUT2D eigenvalue weighted by Gasteiger charge is -2.48. The van der Waals surface area contributed by atoms with Crippen LogP contribution in [-0.4, -0.2) is 87.4 Å². The van der Waals surface area contributed by atoms with Gasteiger partial charge in [0.1, 0.15) is 5.82 Å². The molecule has 0 radical (unpaired) electrons. The Bertz CT molecular complexity index is 1290. The monoisotopic (exact) mass is 593 g/mol. The molecule has 1 saturated carbocycles. The van der Waals surface area contributed by atoms with Gasteiger partial charge in [-0.1, -0.05) is 36.5 Å². The van der Waals surface area contributed by atoms with Crippen LogP contribution >= 0.6 is 23.2 Å². The zero-order chi connectivity index (χ0) is 28.6. The highest BCUT2D eigenvalue weighted by Gasteiger charge is 2.36. The van der Waals surface area contributed by atoms with Gasteiger partial charge in [-0.15, -0.1) is 0 Å². The van der Waals surface area contributed by atoms with Crippen molar-refractivity contribution in [3.8, 4) is 0 Å². The van der Waals surface area contributed by atoms with E-state index in [2.05, 4.69) is 37.0 Å². The van der Waals surface area contributed by atoms with Crippen LogP contribution in [0.5, 0.6) is 0 Å². The van der Waals surface area contributed by atoms with E-state index in [9.17, 15) is 14.0 Å². The number of halogens is 3. The third-order valence-corrected chi connectivity index (χ3v) is 8.37. The number of carbonyl (C=O) groups excluding carboxylic acids is 2. The normalized spacial score (nSPS) is 20.6. The Morgan fingerprint density at radius 2 is 1.75 bits per heavy atom. The van der Waals surface area contributed by atoms with Crippen molar-refractivity contribution in [1.29, 1.82) is 0 Å². The maximum atomic E-state index is 13.9. The van der Waals surface area contributed by atoms with Crippen molar-refractivity contribution in [2.75, 3.05) is 49.1 Å². The van der Waals surface area contributed by atoms with Crippen molar-refractivity contribution >= 4 is 52.5 Å². The SMILES string of the molecule is CCC[C@H]1CN(c2nc(N)c(C(=O)NC3CC3)nc2Cl)CCN1C1CCN(C(=O)c2cc(F)c(Cl)nc2N)CC1. The van der Waals surface area contributed by atoms with E-state index < -0.39 is 5.82 Å². The molecule has 4 heterocycles. The number of rotatable bonds is 7. The lowest BCUT2D eigenvalue weighted by atomic mass is 9.97. The third kappa shape index (κ3) is 6.03. The fourth-order valence-corrected chi connectivity index (χ4v) is 6.01. The van der Waals surface area contributed by atoms with Crippen molar-refractivity contribution in [1.82, 2.24) is 30.1 Å². The number of hydrogen-bond donors (Lipinski definition) is 3. The van der Waals surface area contributed by atoms with Gasteiger partial charge in [-0.05, 0) is 38.2 Å². The Morgan fingerprint density at radius 1 is 1.02 bits per heavy atom. The number of likely N-dealkylation sites (tertiary alicyclic amines) is 1. The number of piperidine rings is 1. The molecule has 40 heavy (non-hydrogen) atoms. The minimum atomic E-state index is -0.767. The van der Waals surface area contributed by atoms with Gasteiger partial charge in [-0.3, -0.25) is 14.5 Å². The fourth-order valence-electron chi connectivity index (χ4n) is 5.62. The highest BCUT2D eigenvalue weighted by atomic mass is 35.5. The third-order valence-electron chi connectivity index (χ3n) is 7.85. The molecule has 2 saturated heterocycles. The van der Waals surface area contributed by atoms with Crippen molar-refractivity contribution < 1.29 is 14.0 Å². The van der Waals surface area contributed by atoms with E-state index >= 15 is 0 Å². The van der Waals surface area contributed by atoms with Gasteiger partial charge in [-0.25, -0.2) is 19.3 Å². The van der Waals surface area contributed by atoms with Crippen LogP contribution < -0.4 is 21.7 Å². The van der Waals surface area contributed by atoms with E-state index in [4.69, 9.17) is 34.7 Å². The molecule has 2 amide bonds. The summed E-state index contributed by atoms with van der Waals surface area (Å²) in [6.45, 7) is 5.37. The van der Waals surface area contributed by atoms with Gasteiger partial charge in [0.15, 0.2) is 33.5 Å². The first kappa shape index (κ1) is 28.6. The van der Waals surface area contributed by atoms with Gasteiger partial charge in [0.05, 0.1) is 5.56 Å². The first-order valence-corrected chi connectivity index (χ1v) is 14.5. The highest BCUT2D eigenvalue weighted by molar-refractivity contribution is 6.32. The molecule has 0 bridgehead atoms. The van der Waals surface area contributed by atoms with E-state index in [1.165, 1.54) is 0 Å². The number of carbonyl (C=O) groups is 2. The number of nitrogens with zero attached hydrogens (tertiary/aromatic N) is 6. The first-order valence-electron chi connectivity index (χ1n) is 13.7. The molecule has 11 nitrogen and oxygen atoms in total. The van der Waals surface area contributed by atoms with Crippen molar-refractivity contribution in [3.63, 3.8) is 0 Å². The van der Waals surface area contributed by atoms with Gasteiger partial charge in [0, 0.05) is 50.8 Å². The molecule has 0 aromatic carbocycles. The Labute approximate surface area is 242 Å². The summed E-state index contributed by atoms with van der Waals surface area (Å²) >= 11 is 12.2. The summed E-state index contributed by atoms with van der Waals surface area (Å²) in [6, 6.07) is 1.77. The predicted molar refractivity (Wildman–Crippen MR) is 152 cm³/mol. The van der Waals surface area contributed by atoms with Crippen molar-refractivity contribution in [3.05, 3.63) is 33.4 Å². The number of nitrogen functional groups attached to an aromatic ring is 2. The van der Waals surface area contributed by atoms with Gasteiger partial charge in [-0.2, -0.15) is 0 Å². The van der Waals surface area contributed by atoms with Crippen LogP contribution in [0, 0.1) is 5.82 Å². The summed E-state index contributed by atoms with van der Waals surface area (Å²) in [7, 11) is 0. The second kappa shape index (κ2) is 11.9. The summed E-state index contributed by atoms with van der Waals surface area (Å²) in [5.74, 6) is -0.965. The first-order chi connectivity index (χ1) is 19.2. The molecular formula is C26H34Cl2FN9O2. The number of anilines is 3. The zero-order valence-corrected chi connectivity index (χ0v) is 23.9. The standard InChI is InChI=1S/C26H34Cl2FN9O2/c1-2-3-16-13-37(24-21(28)33-19(23(31)35-24)25(39)32-14-4-5-14)10-11-38(16)15-6-8-36(9-7-15)26(40)17-12-18(29)20(27)34-22(17)30/h12,14-16H,2-11,13H2,1H3,(H2,30,34)(H2,31,35)(H,32,39)/t16-/m0/s1. The maximum absolute atomic E-state index is 13.9. The topological polar surface area (TPSA) is 147 Å². The van der Waals surface area contributed by atoms with Crippen LogP contribution in [0.1, 0.15) is 66.3 Å². The second-order valence-corrected chi connectivity index (χ2v) is 11.4.